The summed E-state index contributed by atoms with van der Waals surface area (Å²) in [5, 5.41) is 12.4. The summed E-state index contributed by atoms with van der Waals surface area (Å²) in [6.45, 7) is 0. The fourth-order valence-corrected chi connectivity index (χ4v) is 23.7. The number of hydrogen-bond acceptors (Lipinski definition) is 0. The Morgan fingerprint density at radius 3 is 1.04 bits per heavy atom. The van der Waals surface area contributed by atoms with Crippen molar-refractivity contribution in [3.63, 3.8) is 0 Å². The molecule has 3 heterocycles. The molecule has 27 rings (SSSR count). The Hall–Kier alpha value is -15.8. The standard InChI is InChI=1S/2C47H30BrN.C36H24BrN/c48-44-22-12-10-19-37(44)33-23-25-40-41-27-31-13-7-8-14-32(31)28-46(41)49(45(40)29-33)36-24-26-39-38-20-9-11-21-42(38)47(43(39)30-36,34-15-3-1-4-16-34)35-17-5-2-6-18-35;48-43-22-12-10-18-36(43)32-23-26-40-45(29-32)49(44-28-24-31-13-7-8-19-37(31)46(40)44)35-25-27-39-38-20-9-11-21-41(38)47(42(39)30-35,33-14-3-1-4-15-33)34-16-5-2-6-17-34;37-34-19-8-6-17-31(34)27-21-22-33-32-18-7-9-20-35(32)38(36(33)24-27)28-14-10-13-26(23-28)30-16-5-4-15-29(30)25-11-2-1-3-12-25/h2*1-30H;1-24H/i;;1D,2D,3D,11D,12D. The quantitative estimate of drug-likeness (QED) is 0.116. The molecule has 0 saturated carbocycles. The van der Waals surface area contributed by atoms with Gasteiger partial charge in [0, 0.05) is 62.8 Å². The molecule has 0 saturated heterocycles. The van der Waals surface area contributed by atoms with E-state index >= 15 is 0 Å². The van der Waals surface area contributed by atoms with E-state index in [1.54, 1.807) is 0 Å². The molecule has 2 aliphatic rings. The van der Waals surface area contributed by atoms with E-state index in [2.05, 4.69) is 480 Å². The summed E-state index contributed by atoms with van der Waals surface area (Å²) >= 11 is 11.4. The first-order valence-electron chi connectivity index (χ1n) is 48.5. The van der Waals surface area contributed by atoms with Crippen LogP contribution in [0.3, 0.4) is 0 Å². The van der Waals surface area contributed by atoms with Gasteiger partial charge in [0.05, 0.1) is 50.8 Å². The Bertz CT molecular complexity index is 9070. The molecule has 22 aromatic carbocycles. The fraction of sp³-hybridized carbons (Fsp3) is 0.0154. The highest BCUT2D eigenvalue weighted by Crippen LogP contribution is 2.60. The normalized spacial score (nSPS) is 13.2. The van der Waals surface area contributed by atoms with Crippen LogP contribution >= 0.6 is 47.8 Å². The first-order valence-corrected chi connectivity index (χ1v) is 48.4. The zero-order chi connectivity index (χ0) is 94.9. The summed E-state index contributed by atoms with van der Waals surface area (Å²) in [6, 6.07) is 171. The molecule has 0 fully saturated rings. The van der Waals surface area contributed by atoms with E-state index in [1.165, 1.54) is 154 Å². The van der Waals surface area contributed by atoms with Crippen LogP contribution in [0.25, 0.3) is 182 Å². The van der Waals surface area contributed by atoms with Crippen molar-refractivity contribution in [1.29, 1.82) is 0 Å². The minimum atomic E-state index is -0.462. The second kappa shape index (κ2) is 34.0. The second-order valence-corrected chi connectivity index (χ2v) is 37.7. The Labute approximate surface area is 821 Å². The highest BCUT2D eigenvalue weighted by molar-refractivity contribution is 9.11. The van der Waals surface area contributed by atoms with Crippen molar-refractivity contribution in [3.05, 3.63) is 567 Å². The number of benzene rings is 22. The first kappa shape index (κ1) is 76.7. The number of para-hydroxylation sites is 1. The van der Waals surface area contributed by atoms with Gasteiger partial charge in [-0.2, -0.15) is 0 Å². The SMILES string of the molecule is Brc1ccccc1-c1ccc2c3c4ccccc4ccc3n(-c3ccc4c(c3)C(c3ccccc3)(c3ccccc3)c3ccccc3-4)c2c1.Brc1ccccc1-c1ccc2c3cc4ccccc4cc3n(-c3ccc4c(c3)C(c3ccccc3)(c3ccccc3)c3ccccc3-4)c2c1.[2H]c1c([2H])c([2H])c(-c2ccccc2-c2cccc(-n3c4ccccc4c4ccc(-c5ccccc5Br)cc43)c2)c([2H])c1[2H]. The molecule has 0 bridgehead atoms. The number of hydrogen-bond donors (Lipinski definition) is 0. The highest BCUT2D eigenvalue weighted by atomic mass is 79.9. The molecule has 6 heteroatoms. The molecular weight excluding hydrogens is 1840 g/mol. The molecule has 0 spiro atoms. The summed E-state index contributed by atoms with van der Waals surface area (Å²) in [5.41, 5.74) is 34.2. The van der Waals surface area contributed by atoms with Crippen LogP contribution in [0, 0.1) is 0 Å². The number of fused-ring (bicyclic) bond motifs is 18. The molecule has 0 atom stereocenters. The van der Waals surface area contributed by atoms with Crippen LogP contribution in [0.5, 0.6) is 0 Å². The average Bonchev–Trinajstić information content (AvgIpc) is 1.54. The van der Waals surface area contributed by atoms with E-state index in [1.807, 2.05) is 60.7 Å². The summed E-state index contributed by atoms with van der Waals surface area (Å²) in [6.07, 6.45) is 0. The van der Waals surface area contributed by atoms with E-state index in [0.717, 1.165) is 74.5 Å². The molecule has 0 amide bonds. The smallest absolute Gasteiger partial charge is 0.0714 e. The molecule has 25 aromatic rings. The van der Waals surface area contributed by atoms with Crippen molar-refractivity contribution < 1.29 is 6.85 Å². The maximum atomic E-state index is 8.59. The molecule has 3 aromatic heterocycles. The monoisotopic (exact) mass is 1930 g/mol. The minimum Gasteiger partial charge on any atom is -0.309 e. The lowest BCUT2D eigenvalue weighted by atomic mass is 9.67. The van der Waals surface area contributed by atoms with E-state index in [4.69, 9.17) is 6.85 Å². The lowest BCUT2D eigenvalue weighted by molar-refractivity contribution is 0.767. The van der Waals surface area contributed by atoms with Gasteiger partial charge < -0.3 is 13.7 Å². The van der Waals surface area contributed by atoms with E-state index in [9.17, 15) is 0 Å². The van der Waals surface area contributed by atoms with Crippen LogP contribution in [0.2, 0.25) is 0 Å². The fourth-order valence-electron chi connectivity index (χ4n) is 22.2. The molecule has 640 valence electrons. The van der Waals surface area contributed by atoms with Crippen LogP contribution in [-0.4, -0.2) is 13.7 Å². The van der Waals surface area contributed by atoms with Crippen molar-refractivity contribution in [1.82, 2.24) is 13.7 Å². The van der Waals surface area contributed by atoms with Crippen LogP contribution in [0.4, 0.5) is 0 Å². The lowest BCUT2D eigenvalue weighted by Crippen LogP contribution is -2.28. The highest BCUT2D eigenvalue weighted by Gasteiger charge is 2.48. The van der Waals surface area contributed by atoms with Crippen molar-refractivity contribution in [2.75, 3.05) is 0 Å². The Morgan fingerprint density at radius 1 is 0.184 bits per heavy atom. The van der Waals surface area contributed by atoms with Gasteiger partial charge in [0.25, 0.3) is 0 Å². The topological polar surface area (TPSA) is 14.8 Å². The second-order valence-electron chi connectivity index (χ2n) is 35.2. The van der Waals surface area contributed by atoms with Gasteiger partial charge in [0.1, 0.15) is 0 Å². The summed E-state index contributed by atoms with van der Waals surface area (Å²) in [4.78, 5) is 0. The third kappa shape index (κ3) is 13.5. The molecule has 0 aliphatic heterocycles. The largest absolute Gasteiger partial charge is 0.309 e. The number of nitrogens with zero attached hydrogens (tertiary/aromatic N) is 3. The Kier molecular flexibility index (Phi) is 19.2. The average molecular weight is 1930 g/mol. The molecule has 0 N–H and O–H groups in total. The van der Waals surface area contributed by atoms with E-state index in [-0.39, 0.29) is 29.7 Å². The number of rotatable bonds is 12. The predicted octanol–water partition coefficient (Wildman–Crippen LogP) is 36.0. The van der Waals surface area contributed by atoms with Crippen LogP contribution in [-0.2, 0) is 10.8 Å². The van der Waals surface area contributed by atoms with Gasteiger partial charge in [-0.25, -0.2) is 0 Å². The van der Waals surface area contributed by atoms with Gasteiger partial charge >= 0.3 is 0 Å². The van der Waals surface area contributed by atoms with Gasteiger partial charge in [-0.1, -0.05) is 460 Å². The van der Waals surface area contributed by atoms with Gasteiger partial charge in [0.15, 0.2) is 0 Å². The first-order chi connectivity index (χ1) is 69.3. The van der Waals surface area contributed by atoms with Crippen molar-refractivity contribution in [3.8, 4) is 95.0 Å². The third-order valence-corrected chi connectivity index (χ3v) is 30.1. The van der Waals surface area contributed by atoms with Crippen LogP contribution in [0.1, 0.15) is 51.4 Å². The molecule has 136 heavy (non-hydrogen) atoms. The lowest BCUT2D eigenvalue weighted by Gasteiger charge is -2.34. The molecular formula is C130H84Br3N3. The van der Waals surface area contributed by atoms with Gasteiger partial charge in [-0.3, -0.25) is 0 Å². The number of aromatic nitrogens is 3. The van der Waals surface area contributed by atoms with Crippen LogP contribution < -0.4 is 0 Å². The molecule has 2 aliphatic carbocycles. The predicted molar refractivity (Wildman–Crippen MR) is 582 cm³/mol. The van der Waals surface area contributed by atoms with Gasteiger partial charge in [-0.05, 0) is 241 Å². The minimum absolute atomic E-state index is 0.196. The molecule has 0 radical (unpaired) electrons. The van der Waals surface area contributed by atoms with Crippen molar-refractivity contribution >= 4 is 135 Å². The maximum Gasteiger partial charge on any atom is 0.0714 e. The third-order valence-electron chi connectivity index (χ3n) is 28.0. The van der Waals surface area contributed by atoms with Crippen molar-refractivity contribution in [2.45, 2.75) is 10.8 Å². The summed E-state index contributed by atoms with van der Waals surface area (Å²) in [7, 11) is 0. The zero-order valence-corrected chi connectivity index (χ0v) is 78.3. The van der Waals surface area contributed by atoms with E-state index in [0.29, 0.717) is 5.56 Å². The van der Waals surface area contributed by atoms with E-state index < -0.39 is 16.9 Å². The summed E-state index contributed by atoms with van der Waals surface area (Å²) < 4.78 is 52.1. The Morgan fingerprint density at radius 2 is 0.537 bits per heavy atom. The molecule has 0 unspecified atom stereocenters. The van der Waals surface area contributed by atoms with Gasteiger partial charge in [0.2, 0.25) is 0 Å². The Balaban J connectivity index is 0.000000112. The van der Waals surface area contributed by atoms with Gasteiger partial charge in [-0.15, -0.1) is 0 Å². The van der Waals surface area contributed by atoms with Crippen molar-refractivity contribution in [2.24, 2.45) is 0 Å². The molecule has 3 nitrogen and oxygen atoms in total. The zero-order valence-electron chi connectivity index (χ0n) is 78.6. The number of halogens is 3. The summed E-state index contributed by atoms with van der Waals surface area (Å²) in [5.74, 6) is 0. The maximum absolute atomic E-state index is 8.59. The van der Waals surface area contributed by atoms with Crippen LogP contribution in [0.15, 0.2) is 523 Å².